The number of benzene rings is 2. The molecule has 7 nitrogen and oxygen atoms in total. The highest BCUT2D eigenvalue weighted by molar-refractivity contribution is 5.78. The van der Waals surface area contributed by atoms with E-state index >= 15 is 0 Å². The molecule has 0 saturated carbocycles. The van der Waals surface area contributed by atoms with Gasteiger partial charge in [-0.1, -0.05) is 43.3 Å². The lowest BCUT2D eigenvalue weighted by atomic mass is 9.97. The molecule has 150 valence electrons. The van der Waals surface area contributed by atoms with Crippen LogP contribution in [0.15, 0.2) is 61.2 Å². The number of amides is 1. The molecule has 0 bridgehead atoms. The third-order valence-corrected chi connectivity index (χ3v) is 4.94. The Labute approximate surface area is 169 Å². The van der Waals surface area contributed by atoms with Crippen molar-refractivity contribution in [3.63, 3.8) is 0 Å². The van der Waals surface area contributed by atoms with Crippen molar-refractivity contribution in [2.24, 2.45) is 5.92 Å². The van der Waals surface area contributed by atoms with Crippen LogP contribution in [-0.4, -0.2) is 33.9 Å². The third kappa shape index (κ3) is 4.74. The van der Waals surface area contributed by atoms with Gasteiger partial charge in [0.05, 0.1) is 18.5 Å². The fraction of sp³-hybridized carbons (Fsp3) is 0.318. The summed E-state index contributed by atoms with van der Waals surface area (Å²) in [5, 5.41) is 7.29. The molecule has 0 unspecified atom stereocenters. The number of nitrogens with one attached hydrogen (secondary N) is 1. The van der Waals surface area contributed by atoms with Gasteiger partial charge in [-0.25, -0.2) is 4.98 Å². The number of rotatable bonds is 7. The topological polar surface area (TPSA) is 78.3 Å². The predicted molar refractivity (Wildman–Crippen MR) is 108 cm³/mol. The minimum atomic E-state index is -0.243. The van der Waals surface area contributed by atoms with Crippen molar-refractivity contribution in [3.05, 3.63) is 72.3 Å². The molecule has 2 aromatic carbocycles. The molecule has 1 aliphatic heterocycles. The Kier molecular flexibility index (Phi) is 5.74. The van der Waals surface area contributed by atoms with E-state index < -0.39 is 0 Å². The van der Waals surface area contributed by atoms with Gasteiger partial charge in [0.15, 0.2) is 11.5 Å². The van der Waals surface area contributed by atoms with Crippen molar-refractivity contribution < 1.29 is 14.3 Å². The number of hydrogen-bond acceptors (Lipinski definition) is 5. The fourth-order valence-corrected chi connectivity index (χ4v) is 3.38. The number of fused-ring (bicyclic) bond motifs is 1. The molecule has 29 heavy (non-hydrogen) atoms. The summed E-state index contributed by atoms with van der Waals surface area (Å²) in [6, 6.07) is 15.8. The first kappa shape index (κ1) is 19.0. The van der Waals surface area contributed by atoms with E-state index in [1.54, 1.807) is 11.0 Å². The van der Waals surface area contributed by atoms with E-state index in [1.807, 2.05) is 43.3 Å². The number of carbonyl (C=O) groups is 1. The average Bonchev–Trinajstić information content (AvgIpc) is 3.26. The van der Waals surface area contributed by atoms with E-state index in [2.05, 4.69) is 27.5 Å². The number of carbonyl (C=O) groups excluding carboxylic acids is 1. The summed E-state index contributed by atoms with van der Waals surface area (Å²) in [6.45, 7) is 3.45. The van der Waals surface area contributed by atoms with E-state index in [0.717, 1.165) is 22.6 Å². The molecule has 1 amide bonds. The first-order chi connectivity index (χ1) is 14.2. The average molecular weight is 392 g/mol. The molecule has 0 radical (unpaired) electrons. The smallest absolute Gasteiger partial charge is 0.225 e. The summed E-state index contributed by atoms with van der Waals surface area (Å²) in [5.74, 6) is 1.18. The molecule has 1 aliphatic rings. The lowest BCUT2D eigenvalue weighted by molar-refractivity contribution is -0.125. The van der Waals surface area contributed by atoms with E-state index in [-0.39, 0.29) is 17.9 Å². The zero-order chi connectivity index (χ0) is 20.1. The van der Waals surface area contributed by atoms with E-state index in [1.165, 1.54) is 6.33 Å². The van der Waals surface area contributed by atoms with Gasteiger partial charge in [0.1, 0.15) is 25.9 Å². The largest absolute Gasteiger partial charge is 0.486 e. The van der Waals surface area contributed by atoms with Crippen molar-refractivity contribution in [2.45, 2.75) is 25.9 Å². The van der Waals surface area contributed by atoms with Crippen molar-refractivity contribution in [2.75, 3.05) is 13.2 Å². The lowest BCUT2D eigenvalue weighted by Crippen LogP contribution is -2.35. The van der Waals surface area contributed by atoms with Gasteiger partial charge in [-0.3, -0.25) is 9.48 Å². The van der Waals surface area contributed by atoms with Crippen LogP contribution in [0, 0.1) is 5.92 Å². The summed E-state index contributed by atoms with van der Waals surface area (Å²) in [7, 11) is 0. The lowest BCUT2D eigenvalue weighted by Gasteiger charge is -2.24. The van der Waals surface area contributed by atoms with Gasteiger partial charge < -0.3 is 14.8 Å². The van der Waals surface area contributed by atoms with Crippen LogP contribution in [0.25, 0.3) is 0 Å². The van der Waals surface area contributed by atoms with Crippen LogP contribution in [0.1, 0.15) is 24.1 Å². The molecule has 1 N–H and O–H groups in total. The molecule has 2 heterocycles. The van der Waals surface area contributed by atoms with Crippen LogP contribution in [0.2, 0.25) is 0 Å². The molecule has 4 rings (SSSR count). The van der Waals surface area contributed by atoms with Gasteiger partial charge in [0.2, 0.25) is 5.91 Å². The Balaban J connectivity index is 1.54. The summed E-state index contributed by atoms with van der Waals surface area (Å²) in [4.78, 5) is 16.8. The van der Waals surface area contributed by atoms with Crippen LogP contribution in [0.3, 0.4) is 0 Å². The Bertz CT molecular complexity index is 944. The minimum absolute atomic E-state index is 0.0312. The molecular weight excluding hydrogens is 368 g/mol. The first-order valence-corrected chi connectivity index (χ1v) is 9.75. The normalized spacial score (nSPS) is 14.8. The molecule has 7 heteroatoms. The van der Waals surface area contributed by atoms with Gasteiger partial charge in [-0.15, -0.1) is 0 Å². The maximum absolute atomic E-state index is 12.9. The molecule has 3 aromatic rings. The summed E-state index contributed by atoms with van der Waals surface area (Å²) < 4.78 is 13.0. The maximum Gasteiger partial charge on any atom is 0.225 e. The zero-order valence-corrected chi connectivity index (χ0v) is 16.3. The molecular formula is C22H24N4O3. The van der Waals surface area contributed by atoms with Crippen LogP contribution in [0.5, 0.6) is 11.5 Å². The highest BCUT2D eigenvalue weighted by Crippen LogP contribution is 2.33. The van der Waals surface area contributed by atoms with Crippen molar-refractivity contribution in [3.8, 4) is 11.5 Å². The quantitative estimate of drug-likeness (QED) is 0.669. The standard InChI is InChI=1S/C22H24N4O3/c1-16(13-26-15-23-14-24-26)22(27)25-19(11-17-5-3-2-4-6-17)18-7-8-20-21(12-18)29-10-9-28-20/h2-8,12,14-16,19H,9-11,13H2,1H3,(H,25,27)/t16-,19-/m0/s1. The van der Waals surface area contributed by atoms with Crippen LogP contribution < -0.4 is 14.8 Å². The summed E-state index contributed by atoms with van der Waals surface area (Å²) >= 11 is 0. The maximum atomic E-state index is 12.9. The monoisotopic (exact) mass is 392 g/mol. The molecule has 2 atom stereocenters. The Hall–Kier alpha value is -3.35. The highest BCUT2D eigenvalue weighted by Gasteiger charge is 2.22. The van der Waals surface area contributed by atoms with Crippen LogP contribution in [-0.2, 0) is 17.8 Å². The van der Waals surface area contributed by atoms with Gasteiger partial charge in [-0.2, -0.15) is 5.10 Å². The SMILES string of the molecule is C[C@@H](Cn1cncn1)C(=O)N[C@@H](Cc1ccccc1)c1ccc2c(c1)OCCO2. The highest BCUT2D eigenvalue weighted by atomic mass is 16.6. The molecule has 1 aromatic heterocycles. The fourth-order valence-electron chi connectivity index (χ4n) is 3.38. The first-order valence-electron chi connectivity index (χ1n) is 9.75. The Morgan fingerprint density at radius 2 is 1.93 bits per heavy atom. The Morgan fingerprint density at radius 1 is 1.14 bits per heavy atom. The van der Waals surface area contributed by atoms with Crippen molar-refractivity contribution in [1.82, 2.24) is 20.1 Å². The number of hydrogen-bond donors (Lipinski definition) is 1. The predicted octanol–water partition coefficient (Wildman–Crippen LogP) is 2.79. The second-order valence-electron chi connectivity index (χ2n) is 7.17. The summed E-state index contributed by atoms with van der Waals surface area (Å²) in [5.41, 5.74) is 2.14. The number of ether oxygens (including phenoxy) is 2. The van der Waals surface area contributed by atoms with Gasteiger partial charge in [0.25, 0.3) is 0 Å². The van der Waals surface area contributed by atoms with E-state index in [9.17, 15) is 4.79 Å². The van der Waals surface area contributed by atoms with Gasteiger partial charge >= 0.3 is 0 Å². The van der Waals surface area contributed by atoms with E-state index in [0.29, 0.717) is 26.2 Å². The summed E-state index contributed by atoms with van der Waals surface area (Å²) in [6.07, 6.45) is 3.77. The van der Waals surface area contributed by atoms with Crippen LogP contribution >= 0.6 is 0 Å². The van der Waals surface area contributed by atoms with Crippen molar-refractivity contribution in [1.29, 1.82) is 0 Å². The zero-order valence-electron chi connectivity index (χ0n) is 16.3. The molecule has 0 aliphatic carbocycles. The second kappa shape index (κ2) is 8.77. The van der Waals surface area contributed by atoms with E-state index in [4.69, 9.17) is 9.47 Å². The molecule has 0 spiro atoms. The minimum Gasteiger partial charge on any atom is -0.486 e. The van der Waals surface area contributed by atoms with Gasteiger partial charge in [0, 0.05) is 0 Å². The molecule has 0 saturated heterocycles. The van der Waals surface area contributed by atoms with Crippen molar-refractivity contribution >= 4 is 5.91 Å². The second-order valence-corrected chi connectivity index (χ2v) is 7.17. The Morgan fingerprint density at radius 3 is 2.69 bits per heavy atom. The number of aromatic nitrogens is 3. The van der Waals surface area contributed by atoms with Gasteiger partial charge in [-0.05, 0) is 29.7 Å². The third-order valence-electron chi connectivity index (χ3n) is 4.94. The number of nitrogens with zero attached hydrogens (tertiary/aromatic N) is 3. The molecule has 0 fully saturated rings. The van der Waals surface area contributed by atoms with Crippen LogP contribution in [0.4, 0.5) is 0 Å².